The number of hydrogen-bond acceptors (Lipinski definition) is 6. The zero-order valence-corrected chi connectivity index (χ0v) is 18.4. The molecule has 32 heavy (non-hydrogen) atoms. The molecule has 2 aromatic carbocycles. The lowest BCUT2D eigenvalue weighted by atomic mass is 9.96. The van der Waals surface area contributed by atoms with Crippen LogP contribution in [0.4, 0.5) is 5.95 Å². The van der Waals surface area contributed by atoms with Crippen molar-refractivity contribution in [3.8, 4) is 22.5 Å². The van der Waals surface area contributed by atoms with E-state index < -0.39 is 5.76 Å². The third kappa shape index (κ3) is 4.39. The molecule has 0 bridgehead atoms. The Balaban J connectivity index is 1.62. The third-order valence-electron chi connectivity index (χ3n) is 5.36. The molecule has 2 N–H and O–H groups in total. The standard InChI is InChI=1S/C24H26N6O2/c1-4-7-21(30-23(25-3)26-15-27-30)16(2)14-17-10-12-18(13-11-17)19-8-5-6-9-20(19)22-28-24(31)32-29-22/h5-6,8-13,15H,4,7,14H2,1-3H3,(H,25,26,27)(H,28,29,31)/b21-16+. The molecule has 0 atom stereocenters. The van der Waals surface area contributed by atoms with Gasteiger partial charge in [0, 0.05) is 18.3 Å². The Morgan fingerprint density at radius 2 is 1.88 bits per heavy atom. The lowest BCUT2D eigenvalue weighted by Gasteiger charge is -2.14. The van der Waals surface area contributed by atoms with Gasteiger partial charge in [-0.05, 0) is 42.0 Å². The number of aromatic nitrogens is 5. The maximum absolute atomic E-state index is 11.4. The minimum Gasteiger partial charge on any atom is -0.357 e. The van der Waals surface area contributed by atoms with Crippen molar-refractivity contribution in [3.63, 3.8) is 0 Å². The number of allylic oxidation sites excluding steroid dienone is 2. The number of hydrogen-bond donors (Lipinski definition) is 2. The number of nitrogens with one attached hydrogen (secondary N) is 2. The van der Waals surface area contributed by atoms with Gasteiger partial charge in [-0.15, -0.1) is 0 Å². The zero-order chi connectivity index (χ0) is 22.5. The highest BCUT2D eigenvalue weighted by atomic mass is 16.5. The summed E-state index contributed by atoms with van der Waals surface area (Å²) in [6.07, 6.45) is 4.33. The average Bonchev–Trinajstić information content (AvgIpc) is 3.46. The summed E-state index contributed by atoms with van der Waals surface area (Å²) in [6, 6.07) is 16.2. The summed E-state index contributed by atoms with van der Waals surface area (Å²) in [4.78, 5) is 18.3. The fraction of sp³-hybridized carbons (Fsp3) is 0.250. The fourth-order valence-electron chi connectivity index (χ4n) is 3.84. The number of H-pyrrole nitrogens is 1. The normalized spacial score (nSPS) is 12.0. The minimum atomic E-state index is -0.566. The van der Waals surface area contributed by atoms with Crippen LogP contribution in [0, 0.1) is 0 Å². The summed E-state index contributed by atoms with van der Waals surface area (Å²) in [5.74, 6) is 0.598. The van der Waals surface area contributed by atoms with Crippen LogP contribution >= 0.6 is 0 Å². The van der Waals surface area contributed by atoms with Gasteiger partial charge in [-0.1, -0.05) is 67.0 Å². The van der Waals surface area contributed by atoms with Crippen molar-refractivity contribution < 1.29 is 4.52 Å². The van der Waals surface area contributed by atoms with Gasteiger partial charge < -0.3 is 5.32 Å². The van der Waals surface area contributed by atoms with Crippen LogP contribution in [0.15, 0.2) is 69.7 Å². The van der Waals surface area contributed by atoms with E-state index in [4.69, 9.17) is 0 Å². The molecule has 2 aromatic heterocycles. The first-order chi connectivity index (χ1) is 15.6. The van der Waals surface area contributed by atoms with Gasteiger partial charge in [0.15, 0.2) is 5.82 Å². The second-order valence-corrected chi connectivity index (χ2v) is 7.59. The first kappa shape index (κ1) is 21.3. The molecule has 2 heterocycles. The van der Waals surface area contributed by atoms with Gasteiger partial charge in [0.05, 0.1) is 0 Å². The van der Waals surface area contributed by atoms with Crippen LogP contribution in [0.1, 0.15) is 32.3 Å². The minimum absolute atomic E-state index is 0.422. The van der Waals surface area contributed by atoms with Gasteiger partial charge >= 0.3 is 5.76 Å². The maximum atomic E-state index is 11.4. The van der Waals surface area contributed by atoms with Gasteiger partial charge in [-0.3, -0.25) is 9.51 Å². The smallest absolute Gasteiger partial charge is 0.357 e. The van der Waals surface area contributed by atoms with Crippen LogP contribution in [0.2, 0.25) is 0 Å². The van der Waals surface area contributed by atoms with Crippen LogP contribution < -0.4 is 11.1 Å². The zero-order valence-electron chi connectivity index (χ0n) is 18.4. The average molecular weight is 431 g/mol. The first-order valence-corrected chi connectivity index (χ1v) is 10.6. The van der Waals surface area contributed by atoms with Crippen molar-refractivity contribution in [2.75, 3.05) is 12.4 Å². The molecule has 0 aliphatic carbocycles. The second kappa shape index (κ2) is 9.47. The number of benzene rings is 2. The molecule has 8 nitrogen and oxygen atoms in total. The Bertz CT molecular complexity index is 1280. The molecule has 0 radical (unpaired) electrons. The summed E-state index contributed by atoms with van der Waals surface area (Å²) < 4.78 is 6.57. The Morgan fingerprint density at radius 3 is 2.53 bits per heavy atom. The summed E-state index contributed by atoms with van der Waals surface area (Å²) in [5.41, 5.74) is 6.46. The van der Waals surface area contributed by atoms with Crippen LogP contribution in [0.3, 0.4) is 0 Å². The van der Waals surface area contributed by atoms with Crippen molar-refractivity contribution in [1.82, 2.24) is 24.9 Å². The van der Waals surface area contributed by atoms with Crippen molar-refractivity contribution in [2.24, 2.45) is 0 Å². The molecule has 0 aliphatic rings. The Morgan fingerprint density at radius 1 is 1.12 bits per heavy atom. The topological polar surface area (TPSA) is 102 Å². The van der Waals surface area contributed by atoms with Gasteiger partial charge in [-0.25, -0.2) is 9.48 Å². The molecule has 0 fully saturated rings. The highest BCUT2D eigenvalue weighted by Gasteiger charge is 2.13. The van der Waals surface area contributed by atoms with Crippen molar-refractivity contribution in [1.29, 1.82) is 0 Å². The number of anilines is 1. The van der Waals surface area contributed by atoms with Gasteiger partial charge in [0.2, 0.25) is 5.95 Å². The van der Waals surface area contributed by atoms with Crippen LogP contribution in [-0.2, 0) is 6.42 Å². The maximum Gasteiger partial charge on any atom is 0.439 e. The molecular weight excluding hydrogens is 404 g/mol. The van der Waals surface area contributed by atoms with E-state index in [-0.39, 0.29) is 0 Å². The molecule has 4 aromatic rings. The molecule has 0 spiro atoms. The van der Waals surface area contributed by atoms with Gasteiger partial charge in [-0.2, -0.15) is 10.1 Å². The molecule has 0 unspecified atom stereocenters. The summed E-state index contributed by atoms with van der Waals surface area (Å²) >= 11 is 0. The van der Waals surface area contributed by atoms with E-state index in [0.717, 1.165) is 41.9 Å². The van der Waals surface area contributed by atoms with E-state index in [1.54, 1.807) is 6.33 Å². The highest BCUT2D eigenvalue weighted by Crippen LogP contribution is 2.30. The number of rotatable bonds is 8. The van der Waals surface area contributed by atoms with Crippen molar-refractivity contribution in [2.45, 2.75) is 33.1 Å². The first-order valence-electron chi connectivity index (χ1n) is 10.6. The van der Waals surface area contributed by atoms with Crippen LogP contribution in [0.5, 0.6) is 0 Å². The van der Waals surface area contributed by atoms with E-state index in [1.807, 2.05) is 36.0 Å². The largest absolute Gasteiger partial charge is 0.439 e. The molecular formula is C24H26N6O2. The molecule has 0 saturated carbocycles. The molecule has 4 rings (SSSR count). The summed E-state index contributed by atoms with van der Waals surface area (Å²) in [5, 5.41) is 11.3. The van der Waals surface area contributed by atoms with E-state index in [2.05, 4.69) is 68.2 Å². The highest BCUT2D eigenvalue weighted by molar-refractivity contribution is 5.80. The molecule has 0 saturated heterocycles. The Hall–Kier alpha value is -3.94. The molecule has 8 heteroatoms. The fourth-order valence-corrected chi connectivity index (χ4v) is 3.84. The second-order valence-electron chi connectivity index (χ2n) is 7.59. The number of nitrogens with zero attached hydrogens (tertiary/aromatic N) is 4. The van der Waals surface area contributed by atoms with Gasteiger partial charge in [0.25, 0.3) is 0 Å². The molecule has 0 amide bonds. The van der Waals surface area contributed by atoms with Crippen LogP contribution in [0.25, 0.3) is 28.2 Å². The Labute approximate surface area is 186 Å². The summed E-state index contributed by atoms with van der Waals surface area (Å²) in [6.45, 7) is 4.31. The van der Waals surface area contributed by atoms with Crippen molar-refractivity contribution in [3.05, 3.63) is 76.5 Å². The lowest BCUT2D eigenvalue weighted by molar-refractivity contribution is 0.388. The Kier molecular flexibility index (Phi) is 6.30. The van der Waals surface area contributed by atoms with E-state index in [1.165, 1.54) is 16.8 Å². The lowest BCUT2D eigenvalue weighted by Crippen LogP contribution is -2.08. The summed E-state index contributed by atoms with van der Waals surface area (Å²) in [7, 11) is 1.85. The van der Waals surface area contributed by atoms with Gasteiger partial charge in [0.1, 0.15) is 6.33 Å². The quantitative estimate of drug-likeness (QED) is 0.423. The number of aromatic amines is 1. The van der Waals surface area contributed by atoms with E-state index >= 15 is 0 Å². The van der Waals surface area contributed by atoms with Crippen LogP contribution in [-0.4, -0.2) is 32.0 Å². The van der Waals surface area contributed by atoms with Crippen molar-refractivity contribution >= 4 is 11.6 Å². The monoisotopic (exact) mass is 430 g/mol. The molecule has 164 valence electrons. The van der Waals surface area contributed by atoms with E-state index in [9.17, 15) is 4.79 Å². The predicted octanol–water partition coefficient (Wildman–Crippen LogP) is 4.60. The SMILES string of the molecule is CCC/C(=C(/C)Cc1ccc(-c2ccccc2-c2noc(=O)[nH]2)cc1)n1ncnc1NC. The third-order valence-corrected chi connectivity index (χ3v) is 5.36. The predicted molar refractivity (Wildman–Crippen MR) is 125 cm³/mol. The van der Waals surface area contributed by atoms with E-state index in [0.29, 0.717) is 5.82 Å². The molecule has 0 aliphatic heterocycles.